The van der Waals surface area contributed by atoms with Gasteiger partial charge in [-0.2, -0.15) is 5.26 Å². The number of benzene rings is 2. The molecule has 4 rings (SSSR count). The molecular formula is C23H20N4O5S2. The molecule has 0 saturated carbocycles. The number of nitrogens with zero attached hydrogens (tertiary/aromatic N) is 2. The minimum atomic E-state index is -4.11. The number of carbonyl (C=O) groups excluding carboxylic acids is 1. The van der Waals surface area contributed by atoms with Gasteiger partial charge >= 0.3 is 0 Å². The summed E-state index contributed by atoms with van der Waals surface area (Å²) in [6, 6.07) is 12.8. The maximum Gasteiger partial charge on any atom is 0.271 e. The molecule has 1 amide bonds. The van der Waals surface area contributed by atoms with E-state index in [4.69, 9.17) is 0 Å². The van der Waals surface area contributed by atoms with Crippen molar-refractivity contribution in [3.05, 3.63) is 80.2 Å². The van der Waals surface area contributed by atoms with Crippen molar-refractivity contribution in [1.29, 1.82) is 5.26 Å². The van der Waals surface area contributed by atoms with Gasteiger partial charge < -0.3 is 5.32 Å². The lowest BCUT2D eigenvalue weighted by Crippen LogP contribution is -2.16. The van der Waals surface area contributed by atoms with Crippen molar-refractivity contribution in [2.75, 3.05) is 10.0 Å². The SMILES string of the molecule is C[C@@H]1CCc2c(sc(NC(=O)c3cccc(S(=O)(=O)Nc4cccc([N+](=O)[O-])c4)c3)c2C#N)C1. The number of thiophene rings is 1. The molecule has 0 radical (unpaired) electrons. The second kappa shape index (κ2) is 9.24. The molecule has 174 valence electrons. The van der Waals surface area contributed by atoms with Gasteiger partial charge in [-0.05, 0) is 55.0 Å². The number of nitriles is 1. The fourth-order valence-corrected chi connectivity index (χ4v) is 6.29. The summed E-state index contributed by atoms with van der Waals surface area (Å²) < 4.78 is 27.9. The number of hydrogen-bond acceptors (Lipinski definition) is 7. The quantitative estimate of drug-likeness (QED) is 0.374. The number of carbonyl (C=O) groups is 1. The number of rotatable bonds is 6. The van der Waals surface area contributed by atoms with Crippen LogP contribution in [0.2, 0.25) is 0 Å². The fourth-order valence-electron chi connectivity index (χ4n) is 3.83. The predicted molar refractivity (Wildman–Crippen MR) is 129 cm³/mol. The van der Waals surface area contributed by atoms with E-state index in [0.717, 1.165) is 35.8 Å². The first-order valence-electron chi connectivity index (χ1n) is 10.4. The summed E-state index contributed by atoms with van der Waals surface area (Å²) in [6.45, 7) is 2.15. The van der Waals surface area contributed by atoms with Gasteiger partial charge in [0.15, 0.2) is 0 Å². The summed E-state index contributed by atoms with van der Waals surface area (Å²) in [5.74, 6) is -0.0165. The Balaban J connectivity index is 1.57. The van der Waals surface area contributed by atoms with E-state index in [0.29, 0.717) is 16.5 Å². The zero-order chi connectivity index (χ0) is 24.5. The van der Waals surface area contributed by atoms with E-state index in [1.807, 2.05) is 0 Å². The van der Waals surface area contributed by atoms with Gasteiger partial charge in [0.2, 0.25) is 0 Å². The lowest BCUT2D eigenvalue weighted by molar-refractivity contribution is -0.384. The maximum atomic E-state index is 12.9. The highest BCUT2D eigenvalue weighted by Crippen LogP contribution is 2.39. The summed E-state index contributed by atoms with van der Waals surface area (Å²) in [6.07, 6.45) is 2.65. The van der Waals surface area contributed by atoms with Crippen LogP contribution in [0.3, 0.4) is 0 Å². The monoisotopic (exact) mass is 496 g/mol. The smallest absolute Gasteiger partial charge is 0.271 e. The molecule has 1 atom stereocenters. The highest BCUT2D eigenvalue weighted by Gasteiger charge is 2.25. The summed E-state index contributed by atoms with van der Waals surface area (Å²) in [5.41, 5.74) is 1.33. The second-order valence-corrected chi connectivity index (χ2v) is 10.9. The lowest BCUT2D eigenvalue weighted by Gasteiger charge is -2.17. The Morgan fingerprint density at radius 2 is 2.00 bits per heavy atom. The first kappa shape index (κ1) is 23.4. The Morgan fingerprint density at radius 1 is 1.24 bits per heavy atom. The van der Waals surface area contributed by atoms with Crippen LogP contribution in [0.15, 0.2) is 53.4 Å². The first-order valence-corrected chi connectivity index (χ1v) is 12.7. The van der Waals surface area contributed by atoms with Crippen LogP contribution in [0.25, 0.3) is 0 Å². The number of nitrogens with one attached hydrogen (secondary N) is 2. The predicted octanol–water partition coefficient (Wildman–Crippen LogP) is 4.71. The molecular weight excluding hydrogens is 476 g/mol. The Bertz CT molecular complexity index is 1440. The van der Waals surface area contributed by atoms with Gasteiger partial charge in [-0.3, -0.25) is 19.6 Å². The number of nitro benzene ring substituents is 1. The van der Waals surface area contributed by atoms with Crippen LogP contribution >= 0.6 is 11.3 Å². The summed E-state index contributed by atoms with van der Waals surface area (Å²) in [7, 11) is -4.11. The molecule has 0 aliphatic heterocycles. The molecule has 34 heavy (non-hydrogen) atoms. The minimum absolute atomic E-state index is 0.0288. The lowest BCUT2D eigenvalue weighted by atomic mass is 9.88. The number of non-ortho nitro benzene ring substituents is 1. The van der Waals surface area contributed by atoms with E-state index in [2.05, 4.69) is 23.0 Å². The van der Waals surface area contributed by atoms with Crippen LogP contribution in [0.5, 0.6) is 0 Å². The molecule has 0 saturated heterocycles. The number of anilines is 2. The highest BCUT2D eigenvalue weighted by atomic mass is 32.2. The van der Waals surface area contributed by atoms with Crippen molar-refractivity contribution in [3.63, 3.8) is 0 Å². The molecule has 1 aliphatic carbocycles. The van der Waals surface area contributed by atoms with E-state index < -0.39 is 20.9 Å². The Morgan fingerprint density at radius 3 is 2.74 bits per heavy atom. The van der Waals surface area contributed by atoms with Crippen molar-refractivity contribution in [2.45, 2.75) is 31.1 Å². The van der Waals surface area contributed by atoms with Crippen molar-refractivity contribution in [3.8, 4) is 6.07 Å². The maximum absolute atomic E-state index is 12.9. The van der Waals surface area contributed by atoms with Crippen LogP contribution in [0, 0.1) is 27.4 Å². The van der Waals surface area contributed by atoms with E-state index >= 15 is 0 Å². The van der Waals surface area contributed by atoms with E-state index in [9.17, 15) is 28.6 Å². The van der Waals surface area contributed by atoms with Crippen molar-refractivity contribution < 1.29 is 18.1 Å². The van der Waals surface area contributed by atoms with Crippen molar-refractivity contribution >= 4 is 43.6 Å². The van der Waals surface area contributed by atoms with Crippen LogP contribution in [0.1, 0.15) is 39.7 Å². The number of amides is 1. The van der Waals surface area contributed by atoms with E-state index in [1.165, 1.54) is 53.8 Å². The zero-order valence-corrected chi connectivity index (χ0v) is 19.7. The van der Waals surface area contributed by atoms with Gasteiger partial charge in [-0.25, -0.2) is 8.42 Å². The highest BCUT2D eigenvalue weighted by molar-refractivity contribution is 7.92. The number of nitro groups is 1. The van der Waals surface area contributed by atoms with Crippen molar-refractivity contribution in [2.24, 2.45) is 5.92 Å². The van der Waals surface area contributed by atoms with Gasteiger partial charge in [0, 0.05) is 22.6 Å². The molecule has 2 aromatic carbocycles. The zero-order valence-electron chi connectivity index (χ0n) is 18.1. The first-order chi connectivity index (χ1) is 16.2. The van der Waals surface area contributed by atoms with Crippen LogP contribution in [-0.2, 0) is 22.9 Å². The third kappa shape index (κ3) is 4.78. The Hall–Kier alpha value is -3.75. The molecule has 0 bridgehead atoms. The molecule has 9 nitrogen and oxygen atoms in total. The van der Waals surface area contributed by atoms with Crippen LogP contribution < -0.4 is 10.0 Å². The normalized spacial score (nSPS) is 15.1. The van der Waals surface area contributed by atoms with Gasteiger partial charge in [0.25, 0.3) is 21.6 Å². The molecule has 11 heteroatoms. The second-order valence-electron chi connectivity index (χ2n) is 8.06. The molecule has 0 fully saturated rings. The van der Waals surface area contributed by atoms with Gasteiger partial charge in [-0.15, -0.1) is 11.3 Å². The molecule has 3 aromatic rings. The summed E-state index contributed by atoms with van der Waals surface area (Å²) in [5, 5.41) is 23.8. The van der Waals surface area contributed by atoms with Gasteiger partial charge in [-0.1, -0.05) is 19.1 Å². The largest absolute Gasteiger partial charge is 0.312 e. The third-order valence-corrected chi connectivity index (χ3v) is 8.12. The van der Waals surface area contributed by atoms with E-state index in [1.54, 1.807) is 0 Å². The average molecular weight is 497 g/mol. The van der Waals surface area contributed by atoms with Gasteiger partial charge in [0.05, 0.1) is 21.1 Å². The minimum Gasteiger partial charge on any atom is -0.312 e. The van der Waals surface area contributed by atoms with Crippen LogP contribution in [-0.4, -0.2) is 19.2 Å². The number of fused-ring (bicyclic) bond motifs is 1. The Kier molecular flexibility index (Phi) is 6.37. The van der Waals surface area contributed by atoms with E-state index in [-0.39, 0.29) is 21.8 Å². The number of hydrogen-bond donors (Lipinski definition) is 2. The molecule has 1 heterocycles. The molecule has 0 unspecified atom stereocenters. The van der Waals surface area contributed by atoms with Gasteiger partial charge in [0.1, 0.15) is 11.1 Å². The molecule has 2 N–H and O–H groups in total. The average Bonchev–Trinajstić information content (AvgIpc) is 3.14. The molecule has 1 aliphatic rings. The molecule has 1 aromatic heterocycles. The van der Waals surface area contributed by atoms with Crippen LogP contribution in [0.4, 0.5) is 16.4 Å². The standard InChI is InChI=1S/C23H20N4O5S2/c1-14-8-9-19-20(13-24)23(33-21(19)10-14)25-22(28)15-4-2-7-18(11-15)34(31,32)26-16-5-3-6-17(12-16)27(29)30/h2-7,11-12,14,26H,8-10H2,1H3,(H,25,28)/t14-/m1/s1. The third-order valence-electron chi connectivity index (χ3n) is 5.57. The molecule has 0 spiro atoms. The summed E-state index contributed by atoms with van der Waals surface area (Å²) in [4.78, 5) is 24.2. The summed E-state index contributed by atoms with van der Waals surface area (Å²) >= 11 is 1.39. The van der Waals surface area contributed by atoms with Crippen molar-refractivity contribution in [1.82, 2.24) is 0 Å². The Labute approximate surface area is 200 Å². The fraction of sp³-hybridized carbons (Fsp3) is 0.217. The topological polar surface area (TPSA) is 142 Å². The number of sulfonamides is 1.